The average molecular weight is 399 g/mol. The fraction of sp³-hybridized carbons (Fsp3) is 0.250. The van der Waals surface area contributed by atoms with Crippen molar-refractivity contribution in [1.29, 1.82) is 0 Å². The third kappa shape index (κ3) is 6.02. The second-order valence-corrected chi connectivity index (χ2v) is 6.74. The maximum Gasteiger partial charge on any atom is 0.411 e. The van der Waals surface area contributed by atoms with Gasteiger partial charge in [-0.05, 0) is 43.3 Å². The minimum atomic E-state index is -0.483. The molecular weight excluding hydrogens is 378 g/mol. The van der Waals surface area contributed by atoms with Crippen LogP contribution in [0.15, 0.2) is 59.0 Å². The smallest absolute Gasteiger partial charge is 0.411 e. The number of carbonyl (C=O) groups is 1. The van der Waals surface area contributed by atoms with E-state index in [1.54, 1.807) is 43.0 Å². The Bertz CT molecular complexity index is 869. The van der Waals surface area contributed by atoms with Crippen LogP contribution in [0.2, 0.25) is 0 Å². The fourth-order valence-electron chi connectivity index (χ4n) is 2.30. The first-order valence-corrected chi connectivity index (χ1v) is 10.0. The Morgan fingerprint density at radius 3 is 2.64 bits per heavy atom. The average Bonchev–Trinajstić information content (AvgIpc) is 3.18. The van der Waals surface area contributed by atoms with Crippen LogP contribution in [0.1, 0.15) is 12.8 Å². The maximum absolute atomic E-state index is 11.4. The zero-order chi connectivity index (χ0) is 19.6. The summed E-state index contributed by atoms with van der Waals surface area (Å²) < 4.78 is 16.2. The van der Waals surface area contributed by atoms with Crippen LogP contribution in [0.4, 0.5) is 10.5 Å². The highest BCUT2D eigenvalue weighted by Crippen LogP contribution is 2.22. The number of rotatable bonds is 9. The van der Waals surface area contributed by atoms with Crippen molar-refractivity contribution >= 4 is 23.5 Å². The van der Waals surface area contributed by atoms with Crippen molar-refractivity contribution in [2.45, 2.75) is 12.7 Å². The quantitative estimate of drug-likeness (QED) is 0.526. The number of hydrogen-bond acceptors (Lipinski definition) is 7. The zero-order valence-electron chi connectivity index (χ0n) is 15.5. The van der Waals surface area contributed by atoms with E-state index in [9.17, 15) is 4.79 Å². The van der Waals surface area contributed by atoms with Crippen molar-refractivity contribution in [3.8, 4) is 17.2 Å². The summed E-state index contributed by atoms with van der Waals surface area (Å²) in [5.41, 5.74) is 1.42. The molecule has 0 saturated carbocycles. The van der Waals surface area contributed by atoms with Crippen LogP contribution in [0.25, 0.3) is 11.5 Å². The summed E-state index contributed by atoms with van der Waals surface area (Å²) in [5.74, 6) is 3.31. The standard InChI is InChI=1S/C20H21N3O4S/c1-2-25-20(24)21-16-10-8-15(9-11-16)19-23-22-18(27-19)14-28-13-12-26-17-6-4-3-5-7-17/h3-11H,2,12-14H2,1H3,(H,21,24). The molecule has 0 bridgehead atoms. The van der Waals surface area contributed by atoms with E-state index in [0.717, 1.165) is 17.1 Å². The number of nitrogens with one attached hydrogen (secondary N) is 1. The number of carbonyl (C=O) groups excluding carboxylic acids is 1. The number of benzene rings is 2. The Hall–Kier alpha value is -3.00. The molecule has 1 heterocycles. The third-order valence-corrected chi connectivity index (χ3v) is 4.49. The van der Waals surface area contributed by atoms with Crippen LogP contribution in [-0.4, -0.2) is 35.3 Å². The molecule has 3 aromatic rings. The maximum atomic E-state index is 11.4. The third-order valence-electron chi connectivity index (χ3n) is 3.59. The number of thioether (sulfide) groups is 1. The molecule has 0 aliphatic rings. The van der Waals surface area contributed by atoms with Crippen molar-refractivity contribution < 1.29 is 18.7 Å². The molecule has 0 unspecified atom stereocenters. The number of hydrogen-bond donors (Lipinski definition) is 1. The highest BCUT2D eigenvalue weighted by Gasteiger charge is 2.09. The largest absolute Gasteiger partial charge is 0.493 e. The van der Waals surface area contributed by atoms with Gasteiger partial charge < -0.3 is 13.9 Å². The van der Waals surface area contributed by atoms with Gasteiger partial charge in [0.15, 0.2) is 0 Å². The number of nitrogens with zero attached hydrogens (tertiary/aromatic N) is 2. The fourth-order valence-corrected chi connectivity index (χ4v) is 2.94. The van der Waals surface area contributed by atoms with Gasteiger partial charge in [-0.1, -0.05) is 18.2 Å². The molecule has 3 rings (SSSR count). The highest BCUT2D eigenvalue weighted by molar-refractivity contribution is 7.98. The lowest BCUT2D eigenvalue weighted by Gasteiger charge is -2.05. The van der Waals surface area contributed by atoms with Gasteiger partial charge in [0.05, 0.1) is 19.0 Å². The lowest BCUT2D eigenvalue weighted by molar-refractivity contribution is 0.168. The van der Waals surface area contributed by atoms with E-state index in [2.05, 4.69) is 15.5 Å². The molecule has 0 aliphatic carbocycles. The Kier molecular flexibility index (Phi) is 7.31. The summed E-state index contributed by atoms with van der Waals surface area (Å²) in [6, 6.07) is 16.8. The molecular formula is C20H21N3O4S. The number of ether oxygens (including phenoxy) is 2. The summed E-state index contributed by atoms with van der Waals surface area (Å²) >= 11 is 1.67. The molecule has 146 valence electrons. The second kappa shape index (κ2) is 10.4. The summed E-state index contributed by atoms with van der Waals surface area (Å²) in [4.78, 5) is 11.4. The van der Waals surface area contributed by atoms with Crippen molar-refractivity contribution in [3.05, 3.63) is 60.5 Å². The van der Waals surface area contributed by atoms with Gasteiger partial charge >= 0.3 is 6.09 Å². The Labute approximate surface area is 167 Å². The SMILES string of the molecule is CCOC(=O)Nc1ccc(-c2nnc(CSCCOc3ccccc3)o2)cc1. The Morgan fingerprint density at radius 2 is 1.89 bits per heavy atom. The zero-order valence-corrected chi connectivity index (χ0v) is 16.3. The molecule has 0 atom stereocenters. The Balaban J connectivity index is 1.44. The summed E-state index contributed by atoms with van der Waals surface area (Å²) in [6.07, 6.45) is -0.483. The number of amides is 1. The van der Waals surface area contributed by atoms with Gasteiger partial charge in [0.2, 0.25) is 11.8 Å². The van der Waals surface area contributed by atoms with Gasteiger partial charge in [0.25, 0.3) is 0 Å². The van der Waals surface area contributed by atoms with Crippen molar-refractivity contribution in [2.24, 2.45) is 0 Å². The van der Waals surface area contributed by atoms with Gasteiger partial charge in [-0.3, -0.25) is 5.32 Å². The number of para-hydroxylation sites is 1. The van der Waals surface area contributed by atoms with E-state index in [-0.39, 0.29) is 0 Å². The second-order valence-electron chi connectivity index (χ2n) is 5.64. The molecule has 28 heavy (non-hydrogen) atoms. The lowest BCUT2D eigenvalue weighted by atomic mass is 10.2. The van der Waals surface area contributed by atoms with E-state index >= 15 is 0 Å². The van der Waals surface area contributed by atoms with Gasteiger partial charge in [-0.2, -0.15) is 0 Å². The number of aromatic nitrogens is 2. The van der Waals surface area contributed by atoms with Gasteiger partial charge in [0.1, 0.15) is 5.75 Å². The molecule has 1 N–H and O–H groups in total. The lowest BCUT2D eigenvalue weighted by Crippen LogP contribution is -2.12. The van der Waals surface area contributed by atoms with Crippen molar-refractivity contribution in [3.63, 3.8) is 0 Å². The summed E-state index contributed by atoms with van der Waals surface area (Å²) in [6.45, 7) is 2.69. The summed E-state index contributed by atoms with van der Waals surface area (Å²) in [7, 11) is 0. The molecule has 0 radical (unpaired) electrons. The minimum Gasteiger partial charge on any atom is -0.493 e. The molecule has 0 spiro atoms. The van der Waals surface area contributed by atoms with Gasteiger partial charge in [-0.25, -0.2) is 4.79 Å². The van der Waals surface area contributed by atoms with Crippen LogP contribution in [0.3, 0.4) is 0 Å². The van der Waals surface area contributed by atoms with E-state index in [4.69, 9.17) is 13.9 Å². The monoisotopic (exact) mass is 399 g/mol. The molecule has 7 nitrogen and oxygen atoms in total. The summed E-state index contributed by atoms with van der Waals surface area (Å²) in [5, 5.41) is 10.8. The molecule has 1 amide bonds. The first kappa shape index (κ1) is 19.8. The van der Waals surface area contributed by atoms with Crippen LogP contribution in [0, 0.1) is 0 Å². The van der Waals surface area contributed by atoms with Crippen LogP contribution in [-0.2, 0) is 10.5 Å². The van der Waals surface area contributed by atoms with Crippen molar-refractivity contribution in [2.75, 3.05) is 24.3 Å². The normalized spacial score (nSPS) is 10.5. The number of anilines is 1. The van der Waals surface area contributed by atoms with Gasteiger partial charge in [-0.15, -0.1) is 22.0 Å². The van der Waals surface area contributed by atoms with E-state index in [0.29, 0.717) is 36.4 Å². The molecule has 2 aromatic carbocycles. The molecule has 8 heteroatoms. The topological polar surface area (TPSA) is 86.5 Å². The van der Waals surface area contributed by atoms with Gasteiger partial charge in [0, 0.05) is 17.0 Å². The van der Waals surface area contributed by atoms with E-state index in [1.807, 2.05) is 30.3 Å². The van der Waals surface area contributed by atoms with Crippen LogP contribution < -0.4 is 10.1 Å². The highest BCUT2D eigenvalue weighted by atomic mass is 32.2. The van der Waals surface area contributed by atoms with E-state index in [1.165, 1.54) is 0 Å². The minimum absolute atomic E-state index is 0.324. The predicted octanol–water partition coefficient (Wildman–Crippen LogP) is 4.62. The molecule has 1 aromatic heterocycles. The first-order valence-electron chi connectivity index (χ1n) is 8.87. The Morgan fingerprint density at radius 1 is 1.11 bits per heavy atom. The predicted molar refractivity (Wildman–Crippen MR) is 108 cm³/mol. The molecule has 0 aliphatic heterocycles. The van der Waals surface area contributed by atoms with Crippen LogP contribution >= 0.6 is 11.8 Å². The molecule has 0 saturated heterocycles. The van der Waals surface area contributed by atoms with Crippen LogP contribution in [0.5, 0.6) is 5.75 Å². The van der Waals surface area contributed by atoms with E-state index < -0.39 is 6.09 Å². The molecule has 0 fully saturated rings. The van der Waals surface area contributed by atoms with Crippen molar-refractivity contribution in [1.82, 2.24) is 10.2 Å². The first-order chi connectivity index (χ1) is 13.7.